The lowest BCUT2D eigenvalue weighted by molar-refractivity contribution is 0.0594. The van der Waals surface area contributed by atoms with Crippen molar-refractivity contribution in [3.8, 4) is 12.3 Å². The molecule has 1 amide bonds. The van der Waals surface area contributed by atoms with E-state index in [4.69, 9.17) is 15.9 Å². The molecule has 0 spiro atoms. The minimum Gasteiger partial charge on any atom is -0.465 e. The van der Waals surface area contributed by atoms with Crippen LogP contribution in [0.15, 0.2) is 0 Å². The maximum Gasteiger partial charge on any atom is 0.412 e. The summed E-state index contributed by atoms with van der Waals surface area (Å²) in [6.45, 7) is 10.6. The van der Waals surface area contributed by atoms with Gasteiger partial charge in [0.1, 0.15) is 5.60 Å². The Hall–Kier alpha value is -2.48. The first-order valence-electron chi connectivity index (χ1n) is 7.22. The van der Waals surface area contributed by atoms with Crippen molar-refractivity contribution in [2.75, 3.05) is 12.4 Å². The van der Waals surface area contributed by atoms with Crippen LogP contribution in [0.2, 0.25) is 0 Å². The monoisotopic (exact) mass is 317 g/mol. The van der Waals surface area contributed by atoms with Crippen LogP contribution in [-0.4, -0.2) is 24.8 Å². The van der Waals surface area contributed by atoms with Crippen LogP contribution in [0.25, 0.3) is 0 Å². The van der Waals surface area contributed by atoms with Gasteiger partial charge in [-0.25, -0.2) is 9.59 Å². The topological polar surface area (TPSA) is 64.6 Å². The van der Waals surface area contributed by atoms with Gasteiger partial charge in [0.2, 0.25) is 0 Å². The van der Waals surface area contributed by atoms with Gasteiger partial charge in [0.05, 0.1) is 18.4 Å². The van der Waals surface area contributed by atoms with Gasteiger partial charge in [-0.2, -0.15) is 0 Å². The van der Waals surface area contributed by atoms with Gasteiger partial charge in [-0.05, 0) is 58.2 Å². The van der Waals surface area contributed by atoms with Crippen molar-refractivity contribution in [1.29, 1.82) is 0 Å². The quantitative estimate of drug-likeness (QED) is 0.667. The first-order valence-corrected chi connectivity index (χ1v) is 7.22. The Bertz CT molecular complexity index is 691. The molecular weight excluding hydrogens is 294 g/mol. The number of nitrogens with one attached hydrogen (secondary N) is 1. The standard InChI is InChI=1S/C18H23NO4/c1-9-13-10(2)14(16(20)22-8)12(4)15(11(13)3)19-17(21)23-18(5,6)7/h1H,2-8H3,(H,19,21). The van der Waals surface area contributed by atoms with Crippen molar-refractivity contribution >= 4 is 17.7 Å². The number of benzene rings is 1. The summed E-state index contributed by atoms with van der Waals surface area (Å²) in [6, 6.07) is 0. The number of esters is 1. The summed E-state index contributed by atoms with van der Waals surface area (Å²) >= 11 is 0. The van der Waals surface area contributed by atoms with E-state index >= 15 is 0 Å². The third kappa shape index (κ3) is 4.04. The Balaban J connectivity index is 3.46. The number of anilines is 1. The van der Waals surface area contributed by atoms with E-state index in [2.05, 4.69) is 11.2 Å². The largest absolute Gasteiger partial charge is 0.465 e. The van der Waals surface area contributed by atoms with Gasteiger partial charge in [-0.1, -0.05) is 5.92 Å². The number of amides is 1. The maximum atomic E-state index is 12.1. The molecule has 0 aromatic heterocycles. The summed E-state index contributed by atoms with van der Waals surface area (Å²) in [6.07, 6.45) is 4.96. The van der Waals surface area contributed by atoms with Crippen LogP contribution in [0.4, 0.5) is 10.5 Å². The predicted molar refractivity (Wildman–Crippen MR) is 89.8 cm³/mol. The lowest BCUT2D eigenvalue weighted by Crippen LogP contribution is -2.28. The van der Waals surface area contributed by atoms with Crippen molar-refractivity contribution in [3.05, 3.63) is 27.8 Å². The molecule has 5 heteroatoms. The van der Waals surface area contributed by atoms with Crippen LogP contribution < -0.4 is 5.32 Å². The minimum atomic E-state index is -0.628. The fourth-order valence-corrected chi connectivity index (χ4v) is 2.44. The summed E-state index contributed by atoms with van der Waals surface area (Å²) in [4.78, 5) is 24.1. The zero-order valence-electron chi connectivity index (χ0n) is 14.7. The number of methoxy groups -OCH3 is 1. The van der Waals surface area contributed by atoms with E-state index in [-0.39, 0.29) is 0 Å². The zero-order valence-corrected chi connectivity index (χ0v) is 14.7. The van der Waals surface area contributed by atoms with Crippen molar-refractivity contribution in [1.82, 2.24) is 0 Å². The number of hydrogen-bond donors (Lipinski definition) is 1. The van der Waals surface area contributed by atoms with E-state index in [1.54, 1.807) is 41.5 Å². The smallest absolute Gasteiger partial charge is 0.412 e. The molecule has 1 aromatic rings. The first-order chi connectivity index (χ1) is 10.5. The number of hydrogen-bond acceptors (Lipinski definition) is 4. The molecule has 0 bridgehead atoms. The highest BCUT2D eigenvalue weighted by atomic mass is 16.6. The second kappa shape index (κ2) is 6.74. The summed E-state index contributed by atoms with van der Waals surface area (Å²) in [5, 5.41) is 2.69. The molecule has 0 unspecified atom stereocenters. The molecule has 0 aliphatic rings. The molecule has 0 atom stereocenters. The molecular formula is C18H23NO4. The minimum absolute atomic E-state index is 0.358. The summed E-state index contributed by atoms with van der Waals surface area (Å²) in [5.41, 5.74) is 2.72. The molecule has 124 valence electrons. The van der Waals surface area contributed by atoms with Crippen molar-refractivity contribution in [2.45, 2.75) is 47.1 Å². The van der Waals surface area contributed by atoms with Crippen LogP contribution in [0, 0.1) is 33.1 Å². The summed E-state index contributed by atoms with van der Waals surface area (Å²) < 4.78 is 10.1. The van der Waals surface area contributed by atoms with Crippen molar-refractivity contribution in [3.63, 3.8) is 0 Å². The van der Waals surface area contributed by atoms with Gasteiger partial charge in [0.15, 0.2) is 0 Å². The Morgan fingerprint density at radius 3 is 2.09 bits per heavy atom. The van der Waals surface area contributed by atoms with Crippen LogP contribution >= 0.6 is 0 Å². The summed E-state index contributed by atoms with van der Waals surface area (Å²) in [7, 11) is 1.30. The highest BCUT2D eigenvalue weighted by Crippen LogP contribution is 2.31. The second-order valence-electron chi connectivity index (χ2n) is 6.26. The fourth-order valence-electron chi connectivity index (χ4n) is 2.44. The predicted octanol–water partition coefficient (Wildman–Crippen LogP) is 3.73. The van der Waals surface area contributed by atoms with Crippen molar-refractivity contribution in [2.24, 2.45) is 0 Å². The number of carbonyl (C=O) groups is 2. The number of carbonyl (C=O) groups excluding carboxylic acids is 2. The number of ether oxygens (including phenoxy) is 2. The molecule has 0 radical (unpaired) electrons. The molecule has 5 nitrogen and oxygen atoms in total. The van der Waals surface area contributed by atoms with E-state index in [1.165, 1.54) is 7.11 Å². The van der Waals surface area contributed by atoms with E-state index in [0.29, 0.717) is 33.5 Å². The molecule has 1 N–H and O–H groups in total. The number of terminal acetylenes is 1. The molecule has 23 heavy (non-hydrogen) atoms. The highest BCUT2D eigenvalue weighted by molar-refractivity contribution is 5.98. The molecule has 1 aromatic carbocycles. The highest BCUT2D eigenvalue weighted by Gasteiger charge is 2.24. The number of rotatable bonds is 2. The molecule has 0 saturated carbocycles. The van der Waals surface area contributed by atoms with Gasteiger partial charge >= 0.3 is 12.1 Å². The van der Waals surface area contributed by atoms with Gasteiger partial charge < -0.3 is 9.47 Å². The fraction of sp³-hybridized carbons (Fsp3) is 0.444. The van der Waals surface area contributed by atoms with E-state index in [0.717, 1.165) is 0 Å². The van der Waals surface area contributed by atoms with Crippen LogP contribution in [0.3, 0.4) is 0 Å². The van der Waals surface area contributed by atoms with E-state index in [1.807, 2.05) is 0 Å². The van der Waals surface area contributed by atoms with Gasteiger partial charge in [0, 0.05) is 5.56 Å². The molecule has 0 fully saturated rings. The van der Waals surface area contributed by atoms with Gasteiger partial charge in [-0.15, -0.1) is 6.42 Å². The first kappa shape index (κ1) is 18.6. The Kier molecular flexibility index (Phi) is 5.44. The van der Waals surface area contributed by atoms with Gasteiger partial charge in [0.25, 0.3) is 0 Å². The SMILES string of the molecule is C#Cc1c(C)c(NC(=O)OC(C)(C)C)c(C)c(C(=O)OC)c1C. The van der Waals surface area contributed by atoms with E-state index in [9.17, 15) is 9.59 Å². The van der Waals surface area contributed by atoms with Crippen LogP contribution in [0.5, 0.6) is 0 Å². The molecule has 0 saturated heterocycles. The third-order valence-electron chi connectivity index (χ3n) is 3.41. The maximum absolute atomic E-state index is 12.1. The lowest BCUT2D eigenvalue weighted by Gasteiger charge is -2.23. The molecule has 0 aliphatic heterocycles. The van der Waals surface area contributed by atoms with Crippen molar-refractivity contribution < 1.29 is 19.1 Å². The average Bonchev–Trinajstić information content (AvgIpc) is 2.42. The van der Waals surface area contributed by atoms with Gasteiger partial charge in [-0.3, -0.25) is 5.32 Å². The lowest BCUT2D eigenvalue weighted by atomic mass is 9.91. The average molecular weight is 317 g/mol. The molecule has 0 heterocycles. The molecule has 1 rings (SSSR count). The second-order valence-corrected chi connectivity index (χ2v) is 6.26. The third-order valence-corrected chi connectivity index (χ3v) is 3.41. The van der Waals surface area contributed by atoms with E-state index < -0.39 is 17.7 Å². The molecule has 0 aliphatic carbocycles. The Morgan fingerprint density at radius 1 is 1.09 bits per heavy atom. The normalized spacial score (nSPS) is 10.7. The Morgan fingerprint density at radius 2 is 1.65 bits per heavy atom. The van der Waals surface area contributed by atoms with Crippen LogP contribution in [-0.2, 0) is 9.47 Å². The zero-order chi connectivity index (χ0) is 17.9. The van der Waals surface area contributed by atoms with Crippen LogP contribution in [0.1, 0.15) is 53.4 Å². The Labute approximate surface area is 137 Å². The summed E-state index contributed by atoms with van der Waals surface area (Å²) in [5.74, 6) is 2.08.